The van der Waals surface area contributed by atoms with E-state index in [9.17, 15) is 4.79 Å². The Morgan fingerprint density at radius 1 is 1.47 bits per heavy atom. The molecule has 1 saturated carbocycles. The molecule has 2 atom stereocenters. The highest BCUT2D eigenvalue weighted by atomic mass is 16.5. The Morgan fingerprint density at radius 3 is 2.59 bits per heavy atom. The second-order valence-electron chi connectivity index (χ2n) is 5.57. The largest absolute Gasteiger partial charge is 0.379 e. The number of amides is 1. The first-order valence-corrected chi connectivity index (χ1v) is 6.74. The number of nitrogens with zero attached hydrogens (tertiary/aromatic N) is 1. The molecule has 98 valence electrons. The number of rotatable bonds is 3. The van der Waals surface area contributed by atoms with Crippen molar-refractivity contribution in [3.63, 3.8) is 0 Å². The first kappa shape index (κ1) is 12.8. The summed E-state index contributed by atoms with van der Waals surface area (Å²) in [4.78, 5) is 14.7. The van der Waals surface area contributed by atoms with Crippen molar-refractivity contribution in [2.45, 2.75) is 51.6 Å². The molecular weight excluding hydrogens is 216 g/mol. The molecule has 0 spiro atoms. The number of carbonyl (C=O) groups excluding carboxylic acids is 1. The Bertz CT molecular complexity index is 289. The van der Waals surface area contributed by atoms with Gasteiger partial charge in [0.25, 0.3) is 0 Å². The summed E-state index contributed by atoms with van der Waals surface area (Å²) in [6.45, 7) is 5.76. The maximum Gasteiger partial charge on any atom is 0.232 e. The summed E-state index contributed by atoms with van der Waals surface area (Å²) in [5, 5.41) is 0. The smallest absolute Gasteiger partial charge is 0.232 e. The zero-order valence-corrected chi connectivity index (χ0v) is 10.9. The molecule has 0 radical (unpaired) electrons. The average Bonchev–Trinajstić information content (AvgIpc) is 2.92. The molecular formula is C13H24N2O2. The molecule has 1 amide bonds. The van der Waals surface area contributed by atoms with Gasteiger partial charge in [0, 0.05) is 18.6 Å². The highest BCUT2D eigenvalue weighted by Crippen LogP contribution is 2.33. The molecule has 0 aromatic heterocycles. The van der Waals surface area contributed by atoms with Gasteiger partial charge in [-0.2, -0.15) is 0 Å². The van der Waals surface area contributed by atoms with Crippen molar-refractivity contribution in [3.8, 4) is 0 Å². The summed E-state index contributed by atoms with van der Waals surface area (Å²) in [6, 6.07) is 0.266. The summed E-state index contributed by atoms with van der Waals surface area (Å²) < 4.78 is 5.38. The summed E-state index contributed by atoms with van der Waals surface area (Å²) in [5.41, 5.74) is 5.52. The third-order valence-corrected chi connectivity index (χ3v) is 4.37. The minimum atomic E-state index is -0.515. The molecule has 1 aliphatic carbocycles. The van der Waals surface area contributed by atoms with Gasteiger partial charge in [-0.25, -0.2) is 0 Å². The van der Waals surface area contributed by atoms with Crippen molar-refractivity contribution in [2.24, 2.45) is 11.1 Å². The van der Waals surface area contributed by atoms with Gasteiger partial charge in [0.1, 0.15) is 0 Å². The summed E-state index contributed by atoms with van der Waals surface area (Å²) in [7, 11) is 0. The van der Waals surface area contributed by atoms with Crippen LogP contribution in [0.3, 0.4) is 0 Å². The van der Waals surface area contributed by atoms with E-state index in [4.69, 9.17) is 10.5 Å². The lowest BCUT2D eigenvalue weighted by atomic mass is 9.83. The monoisotopic (exact) mass is 240 g/mol. The van der Waals surface area contributed by atoms with Crippen LogP contribution in [0.2, 0.25) is 0 Å². The van der Waals surface area contributed by atoms with Crippen molar-refractivity contribution in [3.05, 3.63) is 0 Å². The van der Waals surface area contributed by atoms with Gasteiger partial charge in [0.15, 0.2) is 0 Å². The molecule has 0 aromatic carbocycles. The van der Waals surface area contributed by atoms with Gasteiger partial charge in [-0.3, -0.25) is 4.79 Å². The van der Waals surface area contributed by atoms with E-state index in [2.05, 4.69) is 6.92 Å². The summed E-state index contributed by atoms with van der Waals surface area (Å²) in [6.07, 6.45) is 4.78. The molecule has 17 heavy (non-hydrogen) atoms. The van der Waals surface area contributed by atoms with Crippen LogP contribution in [0.15, 0.2) is 0 Å². The molecule has 0 aromatic rings. The van der Waals surface area contributed by atoms with Gasteiger partial charge in [-0.1, -0.05) is 12.8 Å². The van der Waals surface area contributed by atoms with Gasteiger partial charge < -0.3 is 15.4 Å². The molecule has 2 fully saturated rings. The molecule has 1 saturated heterocycles. The van der Waals surface area contributed by atoms with Gasteiger partial charge >= 0.3 is 0 Å². The molecule has 0 bridgehead atoms. The standard InChI is InChI=1S/C13H24N2O2/c1-3-15(10-6-4-5-7-10)12(16)13(2)9-17-8-11(13)14/h10-11H,3-9,14H2,1-2H3. The van der Waals surface area contributed by atoms with E-state index in [1.165, 1.54) is 12.8 Å². The second-order valence-corrected chi connectivity index (χ2v) is 5.57. The maximum atomic E-state index is 12.7. The molecule has 1 heterocycles. The van der Waals surface area contributed by atoms with Gasteiger partial charge in [-0.15, -0.1) is 0 Å². The number of ether oxygens (including phenoxy) is 1. The quantitative estimate of drug-likeness (QED) is 0.805. The van der Waals surface area contributed by atoms with Gasteiger partial charge in [0.05, 0.1) is 18.6 Å². The topological polar surface area (TPSA) is 55.6 Å². The maximum absolute atomic E-state index is 12.7. The van der Waals surface area contributed by atoms with Crippen LogP contribution in [-0.4, -0.2) is 42.6 Å². The zero-order valence-electron chi connectivity index (χ0n) is 10.9. The molecule has 2 unspecified atom stereocenters. The van der Waals surface area contributed by atoms with Gasteiger partial charge in [0.2, 0.25) is 5.91 Å². The van der Waals surface area contributed by atoms with E-state index < -0.39 is 5.41 Å². The van der Waals surface area contributed by atoms with E-state index in [-0.39, 0.29) is 11.9 Å². The Hall–Kier alpha value is -0.610. The van der Waals surface area contributed by atoms with E-state index in [0.29, 0.717) is 19.3 Å². The Morgan fingerprint density at radius 2 is 2.12 bits per heavy atom. The van der Waals surface area contributed by atoms with Crippen LogP contribution in [0.1, 0.15) is 39.5 Å². The van der Waals surface area contributed by atoms with E-state index in [1.807, 2.05) is 11.8 Å². The normalized spacial score (nSPS) is 34.2. The summed E-state index contributed by atoms with van der Waals surface area (Å²) in [5.74, 6) is 0.192. The van der Waals surface area contributed by atoms with Crippen molar-refractivity contribution >= 4 is 5.91 Å². The molecule has 2 aliphatic rings. The molecule has 4 heteroatoms. The number of nitrogens with two attached hydrogens (primary N) is 1. The molecule has 1 aliphatic heterocycles. The van der Waals surface area contributed by atoms with Crippen LogP contribution < -0.4 is 5.73 Å². The third kappa shape index (κ3) is 2.20. The lowest BCUT2D eigenvalue weighted by molar-refractivity contribution is -0.143. The summed E-state index contributed by atoms with van der Waals surface area (Å²) >= 11 is 0. The van der Waals surface area contributed by atoms with Crippen LogP contribution in [0.5, 0.6) is 0 Å². The van der Waals surface area contributed by atoms with Crippen molar-refractivity contribution in [1.82, 2.24) is 4.90 Å². The van der Waals surface area contributed by atoms with Crippen LogP contribution in [0, 0.1) is 5.41 Å². The fourth-order valence-corrected chi connectivity index (χ4v) is 3.02. The lowest BCUT2D eigenvalue weighted by Crippen LogP contribution is -2.53. The fourth-order valence-electron chi connectivity index (χ4n) is 3.02. The molecule has 2 N–H and O–H groups in total. The fraction of sp³-hybridized carbons (Fsp3) is 0.923. The van der Waals surface area contributed by atoms with E-state index >= 15 is 0 Å². The Balaban J connectivity index is 2.11. The Labute approximate surface area is 103 Å². The predicted octanol–water partition coefficient (Wildman–Crippen LogP) is 1.14. The van der Waals surface area contributed by atoms with Crippen LogP contribution in [-0.2, 0) is 9.53 Å². The average molecular weight is 240 g/mol. The Kier molecular flexibility index (Phi) is 3.73. The van der Waals surface area contributed by atoms with Gasteiger partial charge in [-0.05, 0) is 26.7 Å². The third-order valence-electron chi connectivity index (χ3n) is 4.37. The van der Waals surface area contributed by atoms with Crippen LogP contribution >= 0.6 is 0 Å². The number of hydrogen-bond acceptors (Lipinski definition) is 3. The first-order chi connectivity index (χ1) is 8.09. The SMILES string of the molecule is CCN(C(=O)C1(C)COCC1N)C1CCCC1. The highest BCUT2D eigenvalue weighted by molar-refractivity contribution is 5.84. The van der Waals surface area contributed by atoms with Crippen molar-refractivity contribution in [2.75, 3.05) is 19.8 Å². The van der Waals surface area contributed by atoms with Crippen molar-refractivity contribution < 1.29 is 9.53 Å². The number of hydrogen-bond donors (Lipinski definition) is 1. The van der Waals surface area contributed by atoms with Crippen LogP contribution in [0.4, 0.5) is 0 Å². The van der Waals surface area contributed by atoms with Crippen LogP contribution in [0.25, 0.3) is 0 Å². The number of carbonyl (C=O) groups is 1. The van der Waals surface area contributed by atoms with E-state index in [0.717, 1.165) is 19.4 Å². The molecule has 2 rings (SSSR count). The molecule has 4 nitrogen and oxygen atoms in total. The van der Waals surface area contributed by atoms with E-state index in [1.54, 1.807) is 0 Å². The second kappa shape index (κ2) is 4.94. The van der Waals surface area contributed by atoms with Crippen molar-refractivity contribution in [1.29, 1.82) is 0 Å². The highest BCUT2D eigenvalue weighted by Gasteiger charge is 2.47. The predicted molar refractivity (Wildman–Crippen MR) is 66.5 cm³/mol. The lowest BCUT2D eigenvalue weighted by Gasteiger charge is -2.36. The first-order valence-electron chi connectivity index (χ1n) is 6.74. The minimum Gasteiger partial charge on any atom is -0.379 e. The zero-order chi connectivity index (χ0) is 12.5. The minimum absolute atomic E-state index is 0.162.